The topological polar surface area (TPSA) is 3.24 Å². The summed E-state index contributed by atoms with van der Waals surface area (Å²) in [5.41, 5.74) is 0. The lowest BCUT2D eigenvalue weighted by Crippen LogP contribution is -2.50. The van der Waals surface area contributed by atoms with Gasteiger partial charge in [-0.2, -0.15) is 35.1 Å². The van der Waals surface area contributed by atoms with Crippen molar-refractivity contribution in [3.63, 3.8) is 0 Å². The normalized spacial score (nSPS) is 21.3. The predicted octanol–water partition coefficient (Wildman–Crippen LogP) is 3.81. The van der Waals surface area contributed by atoms with Crippen molar-refractivity contribution in [3.05, 3.63) is 0 Å². The zero-order chi connectivity index (χ0) is 14.2. The number of piperidine rings is 1. The average molecular weight is 285 g/mol. The van der Waals surface area contributed by atoms with Crippen molar-refractivity contribution in [2.24, 2.45) is 5.92 Å². The molecule has 0 saturated carbocycles. The molecule has 0 radical (unpaired) electrons. The molecule has 0 unspecified atom stereocenters. The highest BCUT2D eigenvalue weighted by Gasteiger charge is 2.50. The number of alkyl halides is 8. The first kappa shape index (κ1) is 15.5. The Balaban J connectivity index is 2.57. The fourth-order valence-corrected chi connectivity index (χ4v) is 1.89. The fourth-order valence-electron chi connectivity index (χ4n) is 1.89. The smallest absolute Gasteiger partial charge is 0.244 e. The summed E-state index contributed by atoms with van der Waals surface area (Å²) < 4.78 is 98.7. The van der Waals surface area contributed by atoms with E-state index in [1.165, 1.54) is 0 Å². The predicted molar refractivity (Wildman–Crippen MR) is 46.0 cm³/mol. The molecule has 0 N–H and O–H groups in total. The van der Waals surface area contributed by atoms with Crippen LogP contribution in [0.3, 0.4) is 0 Å². The quantitative estimate of drug-likeness (QED) is 0.551. The molecule has 1 nitrogen and oxygen atoms in total. The summed E-state index contributed by atoms with van der Waals surface area (Å²) in [6.45, 7) is -1.37. The van der Waals surface area contributed by atoms with Gasteiger partial charge in [0.05, 0.1) is 5.92 Å². The first-order chi connectivity index (χ1) is 7.92. The molecule has 18 heavy (non-hydrogen) atoms. The minimum Gasteiger partial charge on any atom is -0.244 e. The van der Waals surface area contributed by atoms with E-state index in [9.17, 15) is 35.1 Å². The van der Waals surface area contributed by atoms with E-state index in [0.717, 1.165) is 0 Å². The summed E-state index contributed by atoms with van der Waals surface area (Å²) in [6, 6.07) is -4.14. The van der Waals surface area contributed by atoms with E-state index in [-0.39, 0.29) is 4.90 Å². The highest BCUT2D eigenvalue weighted by Crippen LogP contribution is 2.39. The van der Waals surface area contributed by atoms with Gasteiger partial charge >= 0.3 is 18.4 Å². The highest BCUT2D eigenvalue weighted by atomic mass is 19.4. The largest absolute Gasteiger partial charge is 0.396 e. The van der Waals surface area contributed by atoms with Crippen LogP contribution in [0.25, 0.3) is 0 Å². The van der Waals surface area contributed by atoms with Crippen molar-refractivity contribution in [2.75, 3.05) is 13.1 Å². The Bertz CT molecular complexity index is 273. The molecular formula is C9H11F8N. The number of halogens is 8. The lowest BCUT2D eigenvalue weighted by molar-refractivity contribution is -0.250. The molecule has 1 heterocycles. The fraction of sp³-hybridized carbons (Fsp3) is 1.00. The molecule has 0 bridgehead atoms. The molecule has 1 aliphatic heterocycles. The molecule has 9 heteroatoms. The summed E-state index contributed by atoms with van der Waals surface area (Å²) in [4.78, 5) is 0.169. The van der Waals surface area contributed by atoms with Gasteiger partial charge in [-0.1, -0.05) is 0 Å². The molecule has 1 rings (SSSR count). The van der Waals surface area contributed by atoms with Crippen molar-refractivity contribution in [2.45, 2.75) is 37.7 Å². The zero-order valence-corrected chi connectivity index (χ0v) is 9.08. The van der Waals surface area contributed by atoms with Gasteiger partial charge in [0.15, 0.2) is 0 Å². The Kier molecular flexibility index (Phi) is 4.14. The van der Waals surface area contributed by atoms with Crippen LogP contribution in [-0.4, -0.2) is 36.4 Å². The summed E-state index contributed by atoms with van der Waals surface area (Å²) in [6.07, 6.45) is -13.1. The number of rotatable bonds is 2. The third-order valence-corrected chi connectivity index (χ3v) is 2.83. The van der Waals surface area contributed by atoms with Crippen LogP contribution < -0.4 is 0 Å². The van der Waals surface area contributed by atoms with Gasteiger partial charge in [-0.3, -0.25) is 0 Å². The molecule has 1 aliphatic rings. The van der Waals surface area contributed by atoms with Crippen LogP contribution in [0.2, 0.25) is 0 Å². The number of hydrogen-bond acceptors (Lipinski definition) is 1. The molecule has 0 atom stereocenters. The second-order valence-electron chi connectivity index (χ2n) is 4.26. The Labute approximate surface area is 97.7 Å². The molecule has 0 amide bonds. The minimum absolute atomic E-state index is 0.169. The lowest BCUT2D eigenvalue weighted by atomic mass is 9.96. The van der Waals surface area contributed by atoms with Crippen molar-refractivity contribution in [1.82, 2.24) is 4.90 Å². The zero-order valence-electron chi connectivity index (χ0n) is 9.08. The van der Waals surface area contributed by atoms with E-state index in [4.69, 9.17) is 0 Å². The van der Waals surface area contributed by atoms with Crippen LogP contribution in [0.5, 0.6) is 0 Å². The summed E-state index contributed by atoms with van der Waals surface area (Å²) in [7, 11) is 0. The Morgan fingerprint density at radius 3 is 1.61 bits per heavy atom. The van der Waals surface area contributed by atoms with Gasteiger partial charge in [-0.15, -0.1) is 0 Å². The molecule has 0 aliphatic carbocycles. The molecule has 1 fully saturated rings. The van der Waals surface area contributed by atoms with E-state index in [1.54, 1.807) is 0 Å². The second-order valence-corrected chi connectivity index (χ2v) is 4.26. The third-order valence-electron chi connectivity index (χ3n) is 2.83. The Hall–Kier alpha value is -0.600. The van der Waals surface area contributed by atoms with Crippen LogP contribution in [0.1, 0.15) is 19.3 Å². The van der Waals surface area contributed by atoms with E-state index < -0.39 is 56.7 Å². The molecule has 108 valence electrons. The standard InChI is InChI=1S/C9H11F8N/c10-7(11,12)5-8(13,14)18-3-1-6(2-4-18)9(15,16)17/h6H,1-5H2. The highest BCUT2D eigenvalue weighted by molar-refractivity contribution is 4.82. The summed E-state index contributed by atoms with van der Waals surface area (Å²) in [5.74, 6) is -1.71. The van der Waals surface area contributed by atoms with Crippen molar-refractivity contribution in [1.29, 1.82) is 0 Å². The first-order valence-corrected chi connectivity index (χ1v) is 5.18. The van der Waals surface area contributed by atoms with Crippen molar-refractivity contribution < 1.29 is 35.1 Å². The monoisotopic (exact) mass is 285 g/mol. The maximum absolute atomic E-state index is 13.2. The number of hydrogen-bond donors (Lipinski definition) is 0. The SMILES string of the molecule is FC(F)(F)CC(F)(F)N1CCC(C(F)(F)F)CC1. The van der Waals surface area contributed by atoms with Crippen LogP contribution in [0.15, 0.2) is 0 Å². The number of likely N-dealkylation sites (tertiary alicyclic amines) is 1. The third kappa shape index (κ3) is 4.25. The van der Waals surface area contributed by atoms with Crippen LogP contribution in [-0.2, 0) is 0 Å². The maximum Gasteiger partial charge on any atom is 0.396 e. The summed E-state index contributed by atoms with van der Waals surface area (Å²) in [5, 5.41) is 0. The lowest BCUT2D eigenvalue weighted by Gasteiger charge is -2.37. The maximum atomic E-state index is 13.2. The Morgan fingerprint density at radius 1 is 0.833 bits per heavy atom. The van der Waals surface area contributed by atoms with Crippen LogP contribution in [0.4, 0.5) is 35.1 Å². The van der Waals surface area contributed by atoms with E-state index >= 15 is 0 Å². The van der Waals surface area contributed by atoms with Crippen LogP contribution in [0, 0.1) is 5.92 Å². The molecule has 0 aromatic heterocycles. The van der Waals surface area contributed by atoms with Gasteiger partial charge in [0.2, 0.25) is 0 Å². The van der Waals surface area contributed by atoms with Crippen LogP contribution >= 0.6 is 0 Å². The van der Waals surface area contributed by atoms with Gasteiger partial charge < -0.3 is 0 Å². The van der Waals surface area contributed by atoms with Gasteiger partial charge in [0.1, 0.15) is 6.42 Å². The van der Waals surface area contributed by atoms with Gasteiger partial charge in [0.25, 0.3) is 0 Å². The van der Waals surface area contributed by atoms with Gasteiger partial charge in [0, 0.05) is 13.1 Å². The molecular weight excluding hydrogens is 274 g/mol. The first-order valence-electron chi connectivity index (χ1n) is 5.18. The Morgan fingerprint density at radius 2 is 1.28 bits per heavy atom. The van der Waals surface area contributed by atoms with Crippen molar-refractivity contribution in [3.8, 4) is 0 Å². The minimum atomic E-state index is -5.05. The summed E-state index contributed by atoms with van der Waals surface area (Å²) >= 11 is 0. The molecule has 0 aromatic rings. The molecule has 0 spiro atoms. The van der Waals surface area contributed by atoms with Crippen molar-refractivity contribution >= 4 is 0 Å². The average Bonchev–Trinajstić information content (AvgIpc) is 2.13. The van der Waals surface area contributed by atoms with E-state index in [0.29, 0.717) is 0 Å². The van der Waals surface area contributed by atoms with E-state index in [1.807, 2.05) is 0 Å². The number of nitrogens with zero attached hydrogens (tertiary/aromatic N) is 1. The van der Waals surface area contributed by atoms with Gasteiger partial charge in [-0.25, -0.2) is 4.90 Å². The molecule has 0 aromatic carbocycles. The van der Waals surface area contributed by atoms with Gasteiger partial charge in [-0.05, 0) is 12.8 Å². The molecule has 1 saturated heterocycles. The second kappa shape index (κ2) is 4.82. The van der Waals surface area contributed by atoms with E-state index in [2.05, 4.69) is 0 Å².